The highest BCUT2D eigenvalue weighted by molar-refractivity contribution is 5.38. The summed E-state index contributed by atoms with van der Waals surface area (Å²) < 4.78 is 11.2. The molecule has 0 amide bonds. The molecule has 1 atom stereocenters. The van der Waals surface area contributed by atoms with E-state index >= 15 is 0 Å². The van der Waals surface area contributed by atoms with Gasteiger partial charge in [-0.05, 0) is 11.6 Å². The summed E-state index contributed by atoms with van der Waals surface area (Å²) in [7, 11) is 5.67. The number of hydrogen-bond donors (Lipinski definition) is 2. The molecule has 20 heavy (non-hydrogen) atoms. The first-order valence-electron chi connectivity index (χ1n) is 6.85. The minimum atomic E-state index is -0.339. The molecule has 3 N–H and O–H groups in total. The van der Waals surface area contributed by atoms with Gasteiger partial charge in [0, 0.05) is 53.5 Å². The zero-order chi connectivity index (χ0) is 14.6. The molecule has 0 spiro atoms. The van der Waals surface area contributed by atoms with E-state index in [0.717, 1.165) is 24.2 Å². The second-order valence-electron chi connectivity index (χ2n) is 5.33. The van der Waals surface area contributed by atoms with Crippen LogP contribution in [-0.2, 0) is 9.47 Å². The molecule has 1 aromatic heterocycles. The van der Waals surface area contributed by atoms with Crippen molar-refractivity contribution in [2.24, 2.45) is 5.84 Å². The summed E-state index contributed by atoms with van der Waals surface area (Å²) in [5.74, 6) is 6.70. The lowest BCUT2D eigenvalue weighted by molar-refractivity contribution is -0.111. The zero-order valence-corrected chi connectivity index (χ0v) is 12.4. The number of nitrogens with zero attached hydrogens (tertiary/aromatic N) is 2. The second kappa shape index (κ2) is 6.49. The number of pyridine rings is 1. The molecule has 0 saturated carbocycles. The van der Waals surface area contributed by atoms with Gasteiger partial charge < -0.3 is 14.4 Å². The molecular weight excluding hydrogens is 256 g/mol. The Bertz CT molecular complexity index is 416. The highest BCUT2D eigenvalue weighted by Gasteiger charge is 2.41. The van der Waals surface area contributed by atoms with Crippen molar-refractivity contribution >= 4 is 5.82 Å². The number of methoxy groups -OCH3 is 1. The molecule has 112 valence electrons. The SMILES string of the molecule is COC1(C(NN)c2ccc(N(C)C)nc2)CCOCC1. The standard InChI is InChI=1S/C14H24N4O2/c1-18(2)12-5-4-11(10-16-12)13(17-15)14(19-3)6-8-20-9-7-14/h4-5,10,13,17H,6-9,15H2,1-3H3. The van der Waals surface area contributed by atoms with Crippen molar-refractivity contribution in [2.45, 2.75) is 24.5 Å². The van der Waals surface area contributed by atoms with Gasteiger partial charge in [-0.15, -0.1) is 0 Å². The van der Waals surface area contributed by atoms with Gasteiger partial charge in [0.1, 0.15) is 5.82 Å². The summed E-state index contributed by atoms with van der Waals surface area (Å²) in [5, 5.41) is 0. The maximum Gasteiger partial charge on any atom is 0.127 e. The van der Waals surface area contributed by atoms with Gasteiger partial charge in [-0.2, -0.15) is 0 Å². The highest BCUT2D eigenvalue weighted by atomic mass is 16.5. The number of aromatic nitrogens is 1. The van der Waals surface area contributed by atoms with Gasteiger partial charge in [0.25, 0.3) is 0 Å². The first-order chi connectivity index (χ1) is 9.63. The summed E-state index contributed by atoms with van der Waals surface area (Å²) in [6.45, 7) is 1.38. The predicted octanol–water partition coefficient (Wildman–Crippen LogP) is 0.848. The van der Waals surface area contributed by atoms with Gasteiger partial charge in [-0.25, -0.2) is 4.98 Å². The summed E-state index contributed by atoms with van der Waals surface area (Å²) in [5.41, 5.74) is 3.58. The van der Waals surface area contributed by atoms with Crippen LogP contribution in [-0.4, -0.2) is 45.0 Å². The van der Waals surface area contributed by atoms with Crippen molar-refractivity contribution in [3.63, 3.8) is 0 Å². The van der Waals surface area contributed by atoms with Crippen LogP contribution in [0.3, 0.4) is 0 Å². The maximum atomic E-state index is 5.80. The average Bonchev–Trinajstić information content (AvgIpc) is 2.49. The number of hydrogen-bond acceptors (Lipinski definition) is 6. The molecule has 0 aromatic carbocycles. The number of nitrogens with one attached hydrogen (secondary N) is 1. The number of rotatable bonds is 5. The molecule has 1 aliphatic heterocycles. The molecule has 1 unspecified atom stereocenters. The van der Waals surface area contributed by atoms with Crippen LogP contribution in [0.1, 0.15) is 24.4 Å². The van der Waals surface area contributed by atoms with Crippen LogP contribution in [0.25, 0.3) is 0 Å². The van der Waals surface area contributed by atoms with E-state index in [4.69, 9.17) is 15.3 Å². The van der Waals surface area contributed by atoms with Crippen LogP contribution in [0.15, 0.2) is 18.3 Å². The van der Waals surface area contributed by atoms with Gasteiger partial charge in [-0.1, -0.05) is 6.07 Å². The van der Waals surface area contributed by atoms with Crippen LogP contribution in [0.2, 0.25) is 0 Å². The molecule has 1 saturated heterocycles. The summed E-state index contributed by atoms with van der Waals surface area (Å²) in [4.78, 5) is 6.42. The molecule has 0 aliphatic carbocycles. The average molecular weight is 280 g/mol. The summed E-state index contributed by atoms with van der Waals surface area (Å²) in [6.07, 6.45) is 3.48. The lowest BCUT2D eigenvalue weighted by Crippen LogP contribution is -2.51. The molecule has 1 aliphatic rings. The lowest BCUT2D eigenvalue weighted by Gasteiger charge is -2.42. The third kappa shape index (κ3) is 2.93. The molecule has 0 bridgehead atoms. The normalized spacial score (nSPS) is 19.6. The third-order valence-corrected chi connectivity index (χ3v) is 4.00. The molecule has 2 rings (SSSR count). The van der Waals surface area contributed by atoms with E-state index in [1.165, 1.54) is 0 Å². The quantitative estimate of drug-likeness (QED) is 0.615. The van der Waals surface area contributed by atoms with Gasteiger partial charge in [-0.3, -0.25) is 11.3 Å². The van der Waals surface area contributed by atoms with E-state index in [0.29, 0.717) is 13.2 Å². The fraction of sp³-hybridized carbons (Fsp3) is 0.643. The van der Waals surface area contributed by atoms with Gasteiger partial charge >= 0.3 is 0 Å². The molecule has 1 aromatic rings. The largest absolute Gasteiger partial charge is 0.381 e. The minimum absolute atomic E-state index is 0.0971. The predicted molar refractivity (Wildman–Crippen MR) is 78.4 cm³/mol. The Hall–Kier alpha value is -1.21. The Morgan fingerprint density at radius 1 is 1.40 bits per heavy atom. The zero-order valence-electron chi connectivity index (χ0n) is 12.4. The monoisotopic (exact) mass is 280 g/mol. The summed E-state index contributed by atoms with van der Waals surface area (Å²) >= 11 is 0. The van der Waals surface area contributed by atoms with Crippen molar-refractivity contribution in [3.8, 4) is 0 Å². The fourth-order valence-corrected chi connectivity index (χ4v) is 2.71. The lowest BCUT2D eigenvalue weighted by atomic mass is 9.83. The molecule has 2 heterocycles. The molecule has 0 radical (unpaired) electrons. The molecule has 6 nitrogen and oxygen atoms in total. The smallest absolute Gasteiger partial charge is 0.127 e. The Kier molecular flexibility index (Phi) is 4.93. The van der Waals surface area contributed by atoms with E-state index in [1.807, 2.05) is 37.3 Å². The van der Waals surface area contributed by atoms with Crippen molar-refractivity contribution in [2.75, 3.05) is 39.3 Å². The second-order valence-corrected chi connectivity index (χ2v) is 5.33. The van der Waals surface area contributed by atoms with Crippen molar-refractivity contribution < 1.29 is 9.47 Å². The van der Waals surface area contributed by atoms with Crippen LogP contribution >= 0.6 is 0 Å². The Morgan fingerprint density at radius 3 is 2.55 bits per heavy atom. The number of anilines is 1. The van der Waals surface area contributed by atoms with Crippen LogP contribution in [0, 0.1) is 0 Å². The molecule has 6 heteroatoms. The van der Waals surface area contributed by atoms with Gasteiger partial charge in [0.2, 0.25) is 0 Å². The van der Waals surface area contributed by atoms with E-state index in [2.05, 4.69) is 10.4 Å². The van der Waals surface area contributed by atoms with Crippen LogP contribution < -0.4 is 16.2 Å². The van der Waals surface area contributed by atoms with Crippen LogP contribution in [0.4, 0.5) is 5.82 Å². The highest BCUT2D eigenvalue weighted by Crippen LogP contribution is 2.36. The molecule has 1 fully saturated rings. The third-order valence-electron chi connectivity index (χ3n) is 4.00. The maximum absolute atomic E-state index is 5.80. The van der Waals surface area contributed by atoms with Crippen molar-refractivity contribution in [3.05, 3.63) is 23.9 Å². The topological polar surface area (TPSA) is 72.6 Å². The number of nitrogens with two attached hydrogens (primary N) is 1. The molecular formula is C14H24N4O2. The minimum Gasteiger partial charge on any atom is -0.381 e. The Morgan fingerprint density at radius 2 is 2.10 bits per heavy atom. The van der Waals surface area contributed by atoms with Gasteiger partial charge in [0.05, 0.1) is 11.6 Å². The van der Waals surface area contributed by atoms with Crippen LogP contribution in [0.5, 0.6) is 0 Å². The van der Waals surface area contributed by atoms with E-state index in [1.54, 1.807) is 7.11 Å². The van der Waals surface area contributed by atoms with Crippen molar-refractivity contribution in [1.82, 2.24) is 10.4 Å². The van der Waals surface area contributed by atoms with E-state index in [9.17, 15) is 0 Å². The van der Waals surface area contributed by atoms with E-state index in [-0.39, 0.29) is 11.6 Å². The fourth-order valence-electron chi connectivity index (χ4n) is 2.71. The first kappa shape index (κ1) is 15.2. The number of hydrazine groups is 1. The van der Waals surface area contributed by atoms with Gasteiger partial charge in [0.15, 0.2) is 0 Å². The first-order valence-corrected chi connectivity index (χ1v) is 6.85. The van der Waals surface area contributed by atoms with E-state index < -0.39 is 0 Å². The Balaban J connectivity index is 2.26. The number of ether oxygens (including phenoxy) is 2. The summed E-state index contributed by atoms with van der Waals surface area (Å²) in [6, 6.07) is 3.94. The van der Waals surface area contributed by atoms with Crippen molar-refractivity contribution in [1.29, 1.82) is 0 Å². The Labute approximate surface area is 120 Å².